The van der Waals surface area contributed by atoms with Gasteiger partial charge in [0.25, 0.3) is 0 Å². The number of thiol groups is 1. The Hall–Kier alpha value is 0.400. The Balaban J connectivity index is -0.0000000667. The molecule has 25 heavy (non-hydrogen) atoms. The Labute approximate surface area is 151 Å². The Kier molecular flexibility index (Phi) is 21.0. The molecule has 0 aromatic heterocycles. The van der Waals surface area contributed by atoms with Gasteiger partial charge in [-0.15, -0.1) is 0 Å². The second kappa shape index (κ2) is 14.5. The molecule has 10 N–H and O–H groups in total. The zero-order valence-electron chi connectivity index (χ0n) is 10.7. The second-order valence-corrected chi connectivity index (χ2v) is 10.9. The van der Waals surface area contributed by atoms with Gasteiger partial charge in [0.1, 0.15) is 0 Å². The number of hydrogen-bond donors (Lipinski definition) is 11. The van der Waals surface area contributed by atoms with Crippen LogP contribution < -0.4 is 0 Å². The molecule has 0 aromatic carbocycles. The van der Waals surface area contributed by atoms with Crippen molar-refractivity contribution in [1.82, 2.24) is 0 Å². The van der Waals surface area contributed by atoms with E-state index in [1.165, 1.54) is 0 Å². The fourth-order valence-electron chi connectivity index (χ4n) is 0. The molecular formula is H11O18PS6. The molecule has 0 aliphatic rings. The third-order valence-corrected chi connectivity index (χ3v) is 0. The van der Waals surface area contributed by atoms with Crippen molar-refractivity contribution in [3.05, 3.63) is 0 Å². The lowest BCUT2D eigenvalue weighted by molar-refractivity contribution is 0.378. The molecule has 160 valence electrons. The summed E-state index contributed by atoms with van der Waals surface area (Å²) in [4.78, 5) is 15.7. The first-order valence-electron chi connectivity index (χ1n) is 3.58. The summed E-state index contributed by atoms with van der Waals surface area (Å²) in [5, 5.41) is 0. The highest BCUT2D eigenvalue weighted by Gasteiger charge is 1.90. The summed E-state index contributed by atoms with van der Waals surface area (Å²) in [6.07, 6.45) is 0. The number of hydrogen-bond acceptors (Lipinski definition) is 9. The summed E-state index contributed by atoms with van der Waals surface area (Å²) in [6, 6.07) is 0. The van der Waals surface area contributed by atoms with Gasteiger partial charge in [0, 0.05) is 0 Å². The summed E-state index contributed by atoms with van der Waals surface area (Å²) in [5.41, 5.74) is -3.11. The van der Waals surface area contributed by atoms with Crippen LogP contribution >= 0.6 is 17.9 Å². The van der Waals surface area contributed by atoms with E-state index in [1.807, 2.05) is 0 Å². The fraction of sp³-hybridized carbons (Fsp3) is 0. The molecule has 0 unspecified atom stereocenters. The van der Waals surface area contributed by atoms with E-state index in [0.717, 1.165) is 0 Å². The van der Waals surface area contributed by atoms with Crippen LogP contribution in [0.15, 0.2) is 0 Å². The first kappa shape index (κ1) is 36.3. The van der Waals surface area contributed by atoms with Gasteiger partial charge in [0.05, 0.1) is 0 Å². The van der Waals surface area contributed by atoms with Crippen LogP contribution in [0.3, 0.4) is 0 Å². The molecule has 25 heteroatoms. The topological polar surface area (TPSA) is 339 Å². The Bertz CT molecular complexity index is 607. The monoisotopic (exact) mass is 522 g/mol. The van der Waals surface area contributed by atoms with E-state index in [0.29, 0.717) is 0 Å². The van der Waals surface area contributed by atoms with Crippen LogP contribution in [-0.4, -0.2) is 79.9 Å². The van der Waals surface area contributed by atoms with Gasteiger partial charge >= 0.3 is 41.6 Å². The smallest absolute Gasteiger partial charge is 0.338 e. The van der Waals surface area contributed by atoms with Crippen molar-refractivity contribution in [2.45, 2.75) is 0 Å². The van der Waals surface area contributed by atoms with Crippen LogP contribution in [0.5, 0.6) is 0 Å². The van der Waals surface area contributed by atoms with Crippen LogP contribution in [0.4, 0.5) is 0 Å². The third kappa shape index (κ3) is 76500. The van der Waals surface area contributed by atoms with Crippen molar-refractivity contribution < 1.29 is 79.9 Å². The standard InChI is InChI=1S/4H2O4S.H3O2PS2/c4*1-5(2,3)4;1-3(2,4)5/h4*(H2,1,2,3,4);(H3,1,2,4,5). The molecule has 0 bridgehead atoms. The van der Waals surface area contributed by atoms with Crippen LogP contribution in [0.25, 0.3) is 0 Å². The number of rotatable bonds is 0. The van der Waals surface area contributed by atoms with Crippen molar-refractivity contribution in [2.75, 3.05) is 0 Å². The van der Waals surface area contributed by atoms with Gasteiger partial charge in [-0.05, 0) is 11.8 Å². The maximum atomic E-state index is 8.74. The summed E-state index contributed by atoms with van der Waals surface area (Å²) < 4.78 is 126. The predicted octanol–water partition coefficient (Wildman–Crippen LogP) is -2.49. The maximum Gasteiger partial charge on any atom is 0.394 e. The van der Waals surface area contributed by atoms with Crippen molar-refractivity contribution in [3.63, 3.8) is 0 Å². The second-order valence-electron chi connectivity index (χ2n) is 2.30. The zero-order valence-corrected chi connectivity index (χ0v) is 16.5. The first-order chi connectivity index (χ1) is 10.0. The molecule has 0 radical (unpaired) electrons. The minimum absolute atomic E-state index is 3.11. The summed E-state index contributed by atoms with van der Waals surface area (Å²) in [7, 11) is -18.7. The van der Waals surface area contributed by atoms with Gasteiger partial charge in [-0.2, -0.15) is 33.7 Å². The van der Waals surface area contributed by atoms with E-state index in [9.17, 15) is 0 Å². The lowest BCUT2D eigenvalue weighted by atomic mass is 15.8. The molecule has 0 aliphatic carbocycles. The molecule has 0 saturated heterocycles. The van der Waals surface area contributed by atoms with Crippen LogP contribution in [-0.2, 0) is 53.4 Å². The first-order valence-corrected chi connectivity index (χ1v) is 13.0. The molecule has 18 nitrogen and oxygen atoms in total. The normalized spacial score (nSPS) is 11.6. The highest BCUT2D eigenvalue weighted by molar-refractivity contribution is 8.59. The molecule has 0 spiro atoms. The third-order valence-electron chi connectivity index (χ3n) is 0. The molecular weight excluding hydrogens is 511 g/mol. The minimum Gasteiger partial charge on any atom is -0.338 e. The van der Waals surface area contributed by atoms with Gasteiger partial charge in [0.15, 0.2) is 0 Å². The average Bonchev–Trinajstić information content (AvgIpc) is 1.79. The van der Waals surface area contributed by atoms with E-state index >= 15 is 0 Å². The summed E-state index contributed by atoms with van der Waals surface area (Å²) >= 11 is 7.07. The molecule has 0 rings (SSSR count). The van der Waals surface area contributed by atoms with Crippen LogP contribution in [0.2, 0.25) is 0 Å². The van der Waals surface area contributed by atoms with Crippen LogP contribution in [0.1, 0.15) is 0 Å². The van der Waals surface area contributed by atoms with Gasteiger partial charge in [-0.3, -0.25) is 36.4 Å². The van der Waals surface area contributed by atoms with Gasteiger partial charge in [-0.25, -0.2) is 0 Å². The highest BCUT2D eigenvalue weighted by Crippen LogP contribution is 2.39. The summed E-state index contributed by atoms with van der Waals surface area (Å²) in [6.45, 7) is 0. The molecule has 0 aromatic rings. The Morgan fingerprint density at radius 1 is 0.520 bits per heavy atom. The molecule has 0 fully saturated rings. The quantitative estimate of drug-likeness (QED) is 0.0889. The van der Waals surface area contributed by atoms with Gasteiger partial charge in [0.2, 0.25) is 5.69 Å². The lowest BCUT2D eigenvalue weighted by Crippen LogP contribution is -1.89. The van der Waals surface area contributed by atoms with Crippen molar-refractivity contribution in [3.8, 4) is 0 Å². The maximum absolute atomic E-state index is 8.74. The molecule has 0 amide bonds. The van der Waals surface area contributed by atoms with Crippen molar-refractivity contribution in [2.24, 2.45) is 0 Å². The lowest BCUT2D eigenvalue weighted by Gasteiger charge is -1.88. The SMILES string of the molecule is O=S(=O)(O)O.O=S(=O)(O)O.O=S(=O)(O)O.O=S(=O)(O)O.OP(O)(=S)S. The largest absolute Gasteiger partial charge is 0.394 e. The van der Waals surface area contributed by atoms with E-state index in [1.54, 1.807) is 0 Å². The zero-order chi connectivity index (χ0) is 22.5. The Morgan fingerprint density at radius 3 is 0.520 bits per heavy atom. The highest BCUT2D eigenvalue weighted by atomic mass is 32.9. The Morgan fingerprint density at radius 2 is 0.520 bits per heavy atom. The molecule has 0 heterocycles. The average molecular weight is 522 g/mol. The van der Waals surface area contributed by atoms with Crippen molar-refractivity contribution >= 4 is 71.3 Å². The molecule has 0 aliphatic heterocycles. The van der Waals surface area contributed by atoms with E-state index < -0.39 is 47.3 Å². The van der Waals surface area contributed by atoms with E-state index in [2.05, 4.69) is 24.1 Å². The van der Waals surface area contributed by atoms with E-state index in [-0.39, 0.29) is 0 Å². The molecule has 0 saturated carbocycles. The predicted molar refractivity (Wildman–Crippen MR) is 84.4 cm³/mol. The fourth-order valence-corrected chi connectivity index (χ4v) is 0. The van der Waals surface area contributed by atoms with E-state index in [4.69, 9.17) is 79.9 Å². The van der Waals surface area contributed by atoms with Gasteiger partial charge < -0.3 is 9.79 Å². The van der Waals surface area contributed by atoms with Crippen LogP contribution in [0, 0.1) is 0 Å². The molecule has 0 atom stereocenters. The summed E-state index contributed by atoms with van der Waals surface area (Å²) in [5.74, 6) is 0. The van der Waals surface area contributed by atoms with Gasteiger partial charge in [-0.1, -0.05) is 12.2 Å². The van der Waals surface area contributed by atoms with Crippen molar-refractivity contribution in [1.29, 1.82) is 0 Å². The minimum atomic E-state index is -4.67.